The Hall–Kier alpha value is -0.120. The predicted octanol–water partition coefficient (Wildman–Crippen LogP) is 2.84. The van der Waals surface area contributed by atoms with Crippen LogP contribution in [-0.2, 0) is 9.47 Å². The molecule has 1 rings (SSSR count). The molecule has 0 aromatic rings. The largest absolute Gasteiger partial charge is 0.382 e. The molecule has 0 saturated heterocycles. The van der Waals surface area contributed by atoms with E-state index < -0.39 is 0 Å². The van der Waals surface area contributed by atoms with E-state index in [1.807, 2.05) is 0 Å². The lowest BCUT2D eigenvalue weighted by molar-refractivity contribution is 0.0708. The van der Waals surface area contributed by atoms with Crippen molar-refractivity contribution in [3.63, 3.8) is 0 Å². The van der Waals surface area contributed by atoms with E-state index in [2.05, 4.69) is 19.2 Å². The second-order valence-corrected chi connectivity index (χ2v) is 5.77. The summed E-state index contributed by atoms with van der Waals surface area (Å²) in [5.74, 6) is 1.79. The number of ether oxygens (including phenoxy) is 2. The Morgan fingerprint density at radius 1 is 1.06 bits per heavy atom. The van der Waals surface area contributed by atoms with E-state index in [-0.39, 0.29) is 0 Å². The van der Waals surface area contributed by atoms with Gasteiger partial charge in [-0.15, -0.1) is 0 Å². The first-order chi connectivity index (χ1) is 8.74. The van der Waals surface area contributed by atoms with E-state index in [9.17, 15) is 0 Å². The maximum absolute atomic E-state index is 5.47. The van der Waals surface area contributed by atoms with Gasteiger partial charge in [-0.3, -0.25) is 0 Å². The van der Waals surface area contributed by atoms with Gasteiger partial charge in [0, 0.05) is 19.7 Å². The fraction of sp³-hybridized carbons (Fsp3) is 1.00. The van der Waals surface area contributed by atoms with Crippen LogP contribution in [0.15, 0.2) is 0 Å². The standard InChI is InChI=1S/C15H31NO2/c1-13(2)14-5-4-6-15(8-7-14)16-9-10-18-12-11-17-3/h13-16H,4-12H2,1-3H3. The van der Waals surface area contributed by atoms with E-state index in [4.69, 9.17) is 9.47 Å². The third kappa shape index (κ3) is 6.72. The number of rotatable bonds is 8. The summed E-state index contributed by atoms with van der Waals surface area (Å²) in [5.41, 5.74) is 0. The Balaban J connectivity index is 2.05. The second kappa shape index (κ2) is 9.76. The molecule has 0 aliphatic heterocycles. The van der Waals surface area contributed by atoms with Crippen molar-refractivity contribution in [3.8, 4) is 0 Å². The van der Waals surface area contributed by atoms with Crippen LogP contribution in [0.5, 0.6) is 0 Å². The molecular formula is C15H31NO2. The van der Waals surface area contributed by atoms with Gasteiger partial charge in [-0.05, 0) is 31.1 Å². The predicted molar refractivity (Wildman–Crippen MR) is 75.9 cm³/mol. The van der Waals surface area contributed by atoms with Crippen molar-refractivity contribution >= 4 is 0 Å². The van der Waals surface area contributed by atoms with Gasteiger partial charge in [0.1, 0.15) is 0 Å². The van der Waals surface area contributed by atoms with E-state index >= 15 is 0 Å². The molecule has 1 aliphatic rings. The zero-order chi connectivity index (χ0) is 13.2. The fourth-order valence-corrected chi connectivity index (χ4v) is 2.78. The zero-order valence-electron chi connectivity index (χ0n) is 12.4. The van der Waals surface area contributed by atoms with Crippen molar-refractivity contribution in [3.05, 3.63) is 0 Å². The van der Waals surface area contributed by atoms with Crippen LogP contribution in [0.4, 0.5) is 0 Å². The molecule has 1 fully saturated rings. The van der Waals surface area contributed by atoms with E-state index in [0.717, 1.165) is 25.0 Å². The minimum absolute atomic E-state index is 0.694. The number of nitrogens with one attached hydrogen (secondary N) is 1. The number of hydrogen-bond donors (Lipinski definition) is 1. The highest BCUT2D eigenvalue weighted by atomic mass is 16.5. The maximum Gasteiger partial charge on any atom is 0.0700 e. The molecule has 0 aromatic heterocycles. The van der Waals surface area contributed by atoms with Gasteiger partial charge in [0.2, 0.25) is 0 Å². The first-order valence-corrected chi connectivity index (χ1v) is 7.54. The van der Waals surface area contributed by atoms with Gasteiger partial charge in [-0.2, -0.15) is 0 Å². The Kier molecular flexibility index (Phi) is 8.64. The van der Waals surface area contributed by atoms with Crippen LogP contribution >= 0.6 is 0 Å². The molecular weight excluding hydrogens is 226 g/mol. The summed E-state index contributed by atoms with van der Waals surface area (Å²) in [7, 11) is 1.71. The summed E-state index contributed by atoms with van der Waals surface area (Å²) in [6, 6.07) is 0.708. The molecule has 1 aliphatic carbocycles. The van der Waals surface area contributed by atoms with Crippen LogP contribution in [0, 0.1) is 11.8 Å². The van der Waals surface area contributed by atoms with Crippen LogP contribution in [0.1, 0.15) is 46.0 Å². The molecule has 1 N–H and O–H groups in total. The van der Waals surface area contributed by atoms with Crippen LogP contribution in [-0.4, -0.2) is 39.5 Å². The van der Waals surface area contributed by atoms with Crippen LogP contribution in [0.2, 0.25) is 0 Å². The molecule has 0 radical (unpaired) electrons. The van der Waals surface area contributed by atoms with Crippen molar-refractivity contribution in [2.75, 3.05) is 33.5 Å². The molecule has 3 heteroatoms. The first-order valence-electron chi connectivity index (χ1n) is 7.54. The quantitative estimate of drug-likeness (QED) is 0.536. The Morgan fingerprint density at radius 2 is 1.89 bits per heavy atom. The summed E-state index contributed by atoms with van der Waals surface area (Å²) in [6.07, 6.45) is 6.85. The van der Waals surface area contributed by atoms with Gasteiger partial charge >= 0.3 is 0 Å². The van der Waals surface area contributed by atoms with Gasteiger partial charge in [0.15, 0.2) is 0 Å². The zero-order valence-corrected chi connectivity index (χ0v) is 12.4. The summed E-state index contributed by atoms with van der Waals surface area (Å²) >= 11 is 0. The van der Waals surface area contributed by atoms with Crippen molar-refractivity contribution < 1.29 is 9.47 Å². The second-order valence-electron chi connectivity index (χ2n) is 5.77. The lowest BCUT2D eigenvalue weighted by atomic mass is 9.89. The normalized spacial score (nSPS) is 25.3. The van der Waals surface area contributed by atoms with Crippen molar-refractivity contribution in [2.24, 2.45) is 11.8 Å². The Morgan fingerprint density at radius 3 is 2.61 bits per heavy atom. The summed E-state index contributed by atoms with van der Waals surface area (Å²) in [5, 5.41) is 3.63. The third-order valence-corrected chi connectivity index (χ3v) is 4.07. The molecule has 0 spiro atoms. The molecule has 0 amide bonds. The number of hydrogen-bond acceptors (Lipinski definition) is 3. The highest BCUT2D eigenvalue weighted by molar-refractivity contribution is 4.76. The van der Waals surface area contributed by atoms with Gasteiger partial charge in [-0.1, -0.05) is 26.7 Å². The molecule has 0 heterocycles. The monoisotopic (exact) mass is 257 g/mol. The third-order valence-electron chi connectivity index (χ3n) is 4.07. The molecule has 18 heavy (non-hydrogen) atoms. The van der Waals surface area contributed by atoms with Crippen LogP contribution in [0.25, 0.3) is 0 Å². The molecule has 0 aromatic carbocycles. The SMILES string of the molecule is COCCOCCNC1CCCC(C(C)C)CC1. The summed E-state index contributed by atoms with van der Waals surface area (Å²) in [6.45, 7) is 7.90. The maximum atomic E-state index is 5.47. The lowest BCUT2D eigenvalue weighted by Crippen LogP contribution is -2.31. The minimum Gasteiger partial charge on any atom is -0.382 e. The lowest BCUT2D eigenvalue weighted by Gasteiger charge is -2.19. The number of methoxy groups -OCH3 is 1. The van der Waals surface area contributed by atoms with Gasteiger partial charge in [-0.25, -0.2) is 0 Å². The molecule has 3 nitrogen and oxygen atoms in total. The van der Waals surface area contributed by atoms with E-state index in [0.29, 0.717) is 19.3 Å². The molecule has 108 valence electrons. The van der Waals surface area contributed by atoms with Crippen LogP contribution < -0.4 is 5.32 Å². The van der Waals surface area contributed by atoms with Crippen molar-refractivity contribution in [1.82, 2.24) is 5.32 Å². The van der Waals surface area contributed by atoms with Crippen molar-refractivity contribution in [1.29, 1.82) is 0 Å². The van der Waals surface area contributed by atoms with Gasteiger partial charge in [0.25, 0.3) is 0 Å². The summed E-state index contributed by atoms with van der Waals surface area (Å²) < 4.78 is 10.4. The van der Waals surface area contributed by atoms with E-state index in [1.54, 1.807) is 7.11 Å². The van der Waals surface area contributed by atoms with Gasteiger partial charge < -0.3 is 14.8 Å². The molecule has 2 atom stereocenters. The average molecular weight is 257 g/mol. The summed E-state index contributed by atoms with van der Waals surface area (Å²) in [4.78, 5) is 0. The highest BCUT2D eigenvalue weighted by Crippen LogP contribution is 2.28. The van der Waals surface area contributed by atoms with Crippen molar-refractivity contribution in [2.45, 2.75) is 52.0 Å². The van der Waals surface area contributed by atoms with Gasteiger partial charge in [0.05, 0.1) is 19.8 Å². The average Bonchev–Trinajstić information content (AvgIpc) is 2.59. The minimum atomic E-state index is 0.694. The molecule has 2 unspecified atom stereocenters. The first kappa shape index (κ1) is 15.9. The topological polar surface area (TPSA) is 30.5 Å². The smallest absolute Gasteiger partial charge is 0.0700 e. The fourth-order valence-electron chi connectivity index (χ4n) is 2.78. The Bertz CT molecular complexity index is 197. The molecule has 0 bridgehead atoms. The highest BCUT2D eigenvalue weighted by Gasteiger charge is 2.20. The van der Waals surface area contributed by atoms with E-state index in [1.165, 1.54) is 32.1 Å². The van der Waals surface area contributed by atoms with Crippen LogP contribution in [0.3, 0.4) is 0 Å². The molecule has 1 saturated carbocycles. The Labute approximate surface area is 113 Å².